The second-order valence-electron chi connectivity index (χ2n) is 6.27. The number of carbonyl (C=O) groups excluding carboxylic acids is 1. The van der Waals surface area contributed by atoms with E-state index >= 15 is 0 Å². The normalized spacial score (nSPS) is 11.1. The summed E-state index contributed by atoms with van der Waals surface area (Å²) < 4.78 is 0. The van der Waals surface area contributed by atoms with E-state index in [4.69, 9.17) is 0 Å². The average molecular weight is 310 g/mol. The molecule has 2 N–H and O–H groups in total. The minimum Gasteiger partial charge on any atom is -0.371 e. The lowest BCUT2D eigenvalue weighted by molar-refractivity contribution is -0.119. The lowest BCUT2D eigenvalue weighted by atomic mass is 10.0. The predicted octanol–water partition coefficient (Wildman–Crippen LogP) is 4.64. The number of anilines is 2. The summed E-state index contributed by atoms with van der Waals surface area (Å²) in [7, 11) is 0. The molecule has 23 heavy (non-hydrogen) atoms. The van der Waals surface area contributed by atoms with Crippen molar-refractivity contribution >= 4 is 17.3 Å². The highest BCUT2D eigenvalue weighted by atomic mass is 16.2. The average Bonchev–Trinajstić information content (AvgIpc) is 2.55. The number of benzene rings is 2. The second-order valence-corrected chi connectivity index (χ2v) is 6.27. The monoisotopic (exact) mass is 310 g/mol. The van der Waals surface area contributed by atoms with Crippen LogP contribution in [-0.4, -0.2) is 11.4 Å². The SMILES string of the molecule is CCc1cccc(NC(=O)C(C)(C)Nc2ccccc2CC)c1. The first-order chi connectivity index (χ1) is 11.0. The van der Waals surface area contributed by atoms with Crippen molar-refractivity contribution in [2.45, 2.75) is 46.1 Å². The Morgan fingerprint density at radius 3 is 2.43 bits per heavy atom. The molecule has 1 amide bonds. The zero-order valence-electron chi connectivity index (χ0n) is 14.4. The molecule has 0 saturated carbocycles. The van der Waals surface area contributed by atoms with Crippen molar-refractivity contribution in [3.8, 4) is 0 Å². The van der Waals surface area contributed by atoms with Crippen molar-refractivity contribution < 1.29 is 4.79 Å². The van der Waals surface area contributed by atoms with Gasteiger partial charge in [-0.3, -0.25) is 4.79 Å². The van der Waals surface area contributed by atoms with Gasteiger partial charge in [0.25, 0.3) is 0 Å². The molecule has 0 aliphatic carbocycles. The van der Waals surface area contributed by atoms with E-state index in [-0.39, 0.29) is 5.91 Å². The van der Waals surface area contributed by atoms with Gasteiger partial charge in [0, 0.05) is 11.4 Å². The first kappa shape index (κ1) is 17.1. The maximum atomic E-state index is 12.7. The van der Waals surface area contributed by atoms with E-state index in [0.29, 0.717) is 0 Å². The number of nitrogens with one attached hydrogen (secondary N) is 2. The number of aryl methyl sites for hydroxylation is 2. The van der Waals surface area contributed by atoms with Gasteiger partial charge in [0.1, 0.15) is 5.54 Å². The molecule has 0 aliphatic rings. The third kappa shape index (κ3) is 4.35. The van der Waals surface area contributed by atoms with E-state index in [1.807, 2.05) is 50.2 Å². The molecule has 2 aromatic carbocycles. The van der Waals surface area contributed by atoms with Crippen molar-refractivity contribution in [3.05, 3.63) is 59.7 Å². The van der Waals surface area contributed by atoms with Gasteiger partial charge in [0.2, 0.25) is 5.91 Å². The van der Waals surface area contributed by atoms with Crippen molar-refractivity contribution in [2.75, 3.05) is 10.6 Å². The molecule has 0 fully saturated rings. The van der Waals surface area contributed by atoms with Crippen LogP contribution in [0.25, 0.3) is 0 Å². The fourth-order valence-electron chi connectivity index (χ4n) is 2.50. The molecule has 0 atom stereocenters. The number of amides is 1. The fraction of sp³-hybridized carbons (Fsp3) is 0.350. The Labute approximate surface area is 139 Å². The number of hydrogen-bond donors (Lipinski definition) is 2. The third-order valence-corrected chi connectivity index (χ3v) is 4.01. The largest absolute Gasteiger partial charge is 0.371 e. The van der Waals surface area contributed by atoms with Crippen LogP contribution in [0.4, 0.5) is 11.4 Å². The van der Waals surface area contributed by atoms with Crippen molar-refractivity contribution in [1.82, 2.24) is 0 Å². The van der Waals surface area contributed by atoms with Crippen LogP contribution in [0.2, 0.25) is 0 Å². The van der Waals surface area contributed by atoms with Gasteiger partial charge in [-0.15, -0.1) is 0 Å². The van der Waals surface area contributed by atoms with Gasteiger partial charge in [-0.2, -0.15) is 0 Å². The molecular weight excluding hydrogens is 284 g/mol. The Morgan fingerprint density at radius 2 is 1.74 bits per heavy atom. The van der Waals surface area contributed by atoms with Crippen LogP contribution >= 0.6 is 0 Å². The maximum absolute atomic E-state index is 12.7. The van der Waals surface area contributed by atoms with Gasteiger partial charge in [-0.05, 0) is 56.0 Å². The first-order valence-electron chi connectivity index (χ1n) is 8.22. The Kier molecular flexibility index (Phi) is 5.43. The van der Waals surface area contributed by atoms with E-state index in [1.165, 1.54) is 11.1 Å². The van der Waals surface area contributed by atoms with Crippen molar-refractivity contribution in [2.24, 2.45) is 0 Å². The summed E-state index contributed by atoms with van der Waals surface area (Å²) in [4.78, 5) is 12.7. The molecule has 0 saturated heterocycles. The Hall–Kier alpha value is -2.29. The highest BCUT2D eigenvalue weighted by Gasteiger charge is 2.28. The van der Waals surface area contributed by atoms with Crippen LogP contribution in [-0.2, 0) is 17.6 Å². The van der Waals surface area contributed by atoms with Crippen LogP contribution in [0.1, 0.15) is 38.8 Å². The van der Waals surface area contributed by atoms with Gasteiger partial charge in [0.15, 0.2) is 0 Å². The van der Waals surface area contributed by atoms with E-state index in [2.05, 4.69) is 36.6 Å². The van der Waals surface area contributed by atoms with Gasteiger partial charge in [0.05, 0.1) is 0 Å². The van der Waals surface area contributed by atoms with E-state index in [9.17, 15) is 4.79 Å². The molecule has 0 aliphatic heterocycles. The number of para-hydroxylation sites is 1. The third-order valence-electron chi connectivity index (χ3n) is 4.01. The topological polar surface area (TPSA) is 41.1 Å². The molecule has 0 bridgehead atoms. The van der Waals surface area contributed by atoms with Gasteiger partial charge in [-0.25, -0.2) is 0 Å². The van der Waals surface area contributed by atoms with Gasteiger partial charge < -0.3 is 10.6 Å². The number of carbonyl (C=O) groups is 1. The highest BCUT2D eigenvalue weighted by Crippen LogP contribution is 2.22. The zero-order valence-corrected chi connectivity index (χ0v) is 14.4. The minimum atomic E-state index is -0.701. The predicted molar refractivity (Wildman–Crippen MR) is 98.0 cm³/mol. The summed E-state index contributed by atoms with van der Waals surface area (Å²) in [5, 5.41) is 6.39. The summed E-state index contributed by atoms with van der Waals surface area (Å²) in [5.74, 6) is -0.0448. The summed E-state index contributed by atoms with van der Waals surface area (Å²) in [6, 6.07) is 16.1. The van der Waals surface area contributed by atoms with Crippen LogP contribution in [0.5, 0.6) is 0 Å². The molecule has 0 aromatic heterocycles. The molecule has 2 rings (SSSR count). The number of hydrogen-bond acceptors (Lipinski definition) is 2. The molecule has 0 unspecified atom stereocenters. The van der Waals surface area contributed by atoms with Crippen molar-refractivity contribution in [1.29, 1.82) is 0 Å². The quantitative estimate of drug-likeness (QED) is 0.816. The molecule has 3 nitrogen and oxygen atoms in total. The van der Waals surface area contributed by atoms with Crippen molar-refractivity contribution in [3.63, 3.8) is 0 Å². The summed E-state index contributed by atoms with van der Waals surface area (Å²) in [6.45, 7) is 8.02. The second kappa shape index (κ2) is 7.32. The molecule has 0 heterocycles. The van der Waals surface area contributed by atoms with Crippen LogP contribution in [0.3, 0.4) is 0 Å². The summed E-state index contributed by atoms with van der Waals surface area (Å²) >= 11 is 0. The van der Waals surface area contributed by atoms with Gasteiger partial charge >= 0.3 is 0 Å². The smallest absolute Gasteiger partial charge is 0.249 e. The van der Waals surface area contributed by atoms with Crippen LogP contribution in [0, 0.1) is 0 Å². The molecule has 2 aromatic rings. The van der Waals surface area contributed by atoms with Crippen LogP contribution < -0.4 is 10.6 Å². The lowest BCUT2D eigenvalue weighted by Gasteiger charge is -2.27. The van der Waals surface area contributed by atoms with E-state index in [1.54, 1.807) is 0 Å². The highest BCUT2D eigenvalue weighted by molar-refractivity contribution is 5.99. The standard InChI is InChI=1S/C20H26N2O/c1-5-15-10-9-12-17(14-15)21-19(23)20(3,4)22-18-13-8-7-11-16(18)6-2/h7-14,22H,5-6H2,1-4H3,(H,21,23). The molecule has 0 spiro atoms. The van der Waals surface area contributed by atoms with E-state index < -0.39 is 5.54 Å². The Morgan fingerprint density at radius 1 is 1.00 bits per heavy atom. The Balaban J connectivity index is 2.13. The lowest BCUT2D eigenvalue weighted by Crippen LogP contribution is -2.44. The Bertz CT molecular complexity index is 677. The number of rotatable bonds is 6. The van der Waals surface area contributed by atoms with Crippen LogP contribution in [0.15, 0.2) is 48.5 Å². The fourth-order valence-corrected chi connectivity index (χ4v) is 2.50. The summed E-state index contributed by atoms with van der Waals surface area (Å²) in [6.07, 6.45) is 1.88. The molecule has 0 radical (unpaired) electrons. The molecule has 3 heteroatoms. The minimum absolute atomic E-state index is 0.0448. The maximum Gasteiger partial charge on any atom is 0.249 e. The van der Waals surface area contributed by atoms with Gasteiger partial charge in [-0.1, -0.05) is 44.2 Å². The molecule has 122 valence electrons. The first-order valence-corrected chi connectivity index (χ1v) is 8.22. The molecular formula is C20H26N2O. The van der Waals surface area contributed by atoms with E-state index in [0.717, 1.165) is 24.2 Å². The zero-order chi connectivity index (χ0) is 16.9. The summed E-state index contributed by atoms with van der Waals surface area (Å²) in [5.41, 5.74) is 3.57.